The lowest BCUT2D eigenvalue weighted by Crippen LogP contribution is -2.09. The summed E-state index contributed by atoms with van der Waals surface area (Å²) in [7, 11) is 0. The van der Waals surface area contributed by atoms with Gasteiger partial charge in [-0.3, -0.25) is 4.57 Å². The Hall–Kier alpha value is -6.92. The van der Waals surface area contributed by atoms with Gasteiger partial charge in [0.15, 0.2) is 11.2 Å². The highest BCUT2D eigenvalue weighted by Crippen LogP contribution is 2.38. The van der Waals surface area contributed by atoms with Crippen molar-refractivity contribution in [2.75, 3.05) is 4.90 Å². The lowest BCUT2D eigenvalue weighted by molar-refractivity contribution is 0.574. The summed E-state index contributed by atoms with van der Waals surface area (Å²) in [6.45, 7) is 0. The fourth-order valence-electron chi connectivity index (χ4n) is 6.91. The van der Waals surface area contributed by atoms with E-state index in [1.54, 1.807) is 0 Å². The Morgan fingerprint density at radius 3 is 1.82 bits per heavy atom. The smallest absolute Gasteiger partial charge is 0.307 e. The van der Waals surface area contributed by atoms with Gasteiger partial charge in [0, 0.05) is 33.4 Å². The highest BCUT2D eigenvalue weighted by molar-refractivity contribution is 6.10. The molecule has 10 aromatic rings. The average molecular weight is 645 g/mol. The summed E-state index contributed by atoms with van der Waals surface area (Å²) in [6, 6.07) is 58.6. The number of rotatable bonds is 6. The molecule has 0 saturated heterocycles. The molecule has 0 bridgehead atoms. The number of para-hydroxylation sites is 3. The van der Waals surface area contributed by atoms with Crippen LogP contribution < -0.4 is 4.90 Å². The van der Waals surface area contributed by atoms with Crippen molar-refractivity contribution in [2.45, 2.75) is 0 Å². The first-order chi connectivity index (χ1) is 24.8. The van der Waals surface area contributed by atoms with Crippen molar-refractivity contribution in [2.24, 2.45) is 0 Å². The van der Waals surface area contributed by atoms with Crippen LogP contribution in [0.15, 0.2) is 179 Å². The molecule has 3 aromatic heterocycles. The maximum absolute atomic E-state index is 6.41. The van der Waals surface area contributed by atoms with Crippen LogP contribution in [-0.2, 0) is 0 Å². The molecule has 0 aliphatic rings. The van der Waals surface area contributed by atoms with Gasteiger partial charge >= 0.3 is 6.01 Å². The van der Waals surface area contributed by atoms with E-state index < -0.39 is 0 Å². The van der Waals surface area contributed by atoms with Crippen LogP contribution in [0.5, 0.6) is 0 Å². The van der Waals surface area contributed by atoms with E-state index in [-0.39, 0.29) is 0 Å². The first kappa shape index (κ1) is 28.1. The van der Waals surface area contributed by atoms with Gasteiger partial charge in [-0.1, -0.05) is 91.0 Å². The number of fused-ring (bicyclic) bond motifs is 5. The molecule has 0 fully saturated rings. The monoisotopic (exact) mass is 644 g/mol. The topological polar surface area (TPSA) is 60.2 Å². The average Bonchev–Trinajstić information content (AvgIpc) is 3.89. The third-order valence-corrected chi connectivity index (χ3v) is 9.25. The van der Waals surface area contributed by atoms with Gasteiger partial charge in [-0.05, 0) is 90.0 Å². The van der Waals surface area contributed by atoms with Crippen molar-refractivity contribution in [3.63, 3.8) is 0 Å². The van der Waals surface area contributed by atoms with Crippen molar-refractivity contribution in [1.82, 2.24) is 14.5 Å². The largest absolute Gasteiger partial charge is 0.436 e. The Morgan fingerprint density at radius 2 is 1.04 bits per heavy atom. The molecule has 0 N–H and O–H groups in total. The lowest BCUT2D eigenvalue weighted by atomic mass is 10.0. The van der Waals surface area contributed by atoms with Crippen LogP contribution in [0.3, 0.4) is 0 Å². The van der Waals surface area contributed by atoms with Crippen molar-refractivity contribution < 1.29 is 8.83 Å². The third-order valence-electron chi connectivity index (χ3n) is 9.25. The predicted octanol–water partition coefficient (Wildman–Crippen LogP) is 11.9. The van der Waals surface area contributed by atoms with Crippen LogP contribution in [0.2, 0.25) is 0 Å². The van der Waals surface area contributed by atoms with Gasteiger partial charge in [0.2, 0.25) is 5.89 Å². The van der Waals surface area contributed by atoms with Crippen molar-refractivity contribution in [3.05, 3.63) is 170 Å². The first-order valence-electron chi connectivity index (χ1n) is 16.6. The molecule has 0 unspecified atom stereocenters. The van der Waals surface area contributed by atoms with Crippen LogP contribution in [0.4, 0.5) is 17.1 Å². The number of nitrogens with zero attached hydrogens (tertiary/aromatic N) is 4. The molecule has 50 heavy (non-hydrogen) atoms. The second-order valence-electron chi connectivity index (χ2n) is 12.3. The number of hydrogen-bond donors (Lipinski definition) is 0. The van der Waals surface area contributed by atoms with E-state index in [4.69, 9.17) is 18.8 Å². The normalized spacial score (nSPS) is 11.6. The van der Waals surface area contributed by atoms with E-state index in [0.29, 0.717) is 23.1 Å². The fraction of sp³-hybridized carbons (Fsp3) is 0. The minimum absolute atomic E-state index is 0.514. The van der Waals surface area contributed by atoms with Crippen molar-refractivity contribution >= 4 is 61.1 Å². The van der Waals surface area contributed by atoms with Crippen LogP contribution in [-0.4, -0.2) is 14.5 Å². The van der Waals surface area contributed by atoms with Crippen LogP contribution in [0.1, 0.15) is 0 Å². The molecule has 0 aliphatic heterocycles. The molecule has 236 valence electrons. The van der Waals surface area contributed by atoms with Gasteiger partial charge < -0.3 is 13.7 Å². The standard InChI is InChI=1S/C44H28N4O2/c1-4-12-29(13-5-1)30-20-23-40-36(26-30)35-18-10-11-19-39(35)48(40)44-46-37-27-31(21-24-42(37)50-44)43-45-38-28-34(22-25-41(38)49-43)47(32-14-6-2-7-15-32)33-16-8-3-9-17-33/h1-28H. The number of hydrogen-bond acceptors (Lipinski definition) is 5. The third kappa shape index (κ3) is 4.65. The number of anilines is 3. The molecule has 0 atom stereocenters. The predicted molar refractivity (Wildman–Crippen MR) is 201 cm³/mol. The Morgan fingerprint density at radius 1 is 0.420 bits per heavy atom. The molecular weight excluding hydrogens is 617 g/mol. The lowest BCUT2D eigenvalue weighted by Gasteiger charge is -2.25. The molecule has 3 heterocycles. The maximum Gasteiger partial charge on any atom is 0.307 e. The zero-order valence-corrected chi connectivity index (χ0v) is 26.8. The highest BCUT2D eigenvalue weighted by atomic mass is 16.4. The summed E-state index contributed by atoms with van der Waals surface area (Å²) in [5.74, 6) is 0.528. The summed E-state index contributed by atoms with van der Waals surface area (Å²) >= 11 is 0. The minimum Gasteiger partial charge on any atom is -0.436 e. The Bertz CT molecular complexity index is 2780. The molecule has 0 spiro atoms. The van der Waals surface area contributed by atoms with Gasteiger partial charge in [0.1, 0.15) is 11.0 Å². The summed E-state index contributed by atoms with van der Waals surface area (Å²) < 4.78 is 14.8. The Balaban J connectivity index is 1.04. The van der Waals surface area contributed by atoms with Gasteiger partial charge in [-0.15, -0.1) is 0 Å². The first-order valence-corrected chi connectivity index (χ1v) is 16.6. The van der Waals surface area contributed by atoms with Crippen LogP contribution in [0, 0.1) is 0 Å². The number of aromatic nitrogens is 3. The molecule has 7 aromatic carbocycles. The number of benzene rings is 7. The molecule has 0 aliphatic carbocycles. The summed E-state index contributed by atoms with van der Waals surface area (Å²) in [6.07, 6.45) is 0. The van der Waals surface area contributed by atoms with Gasteiger partial charge in [-0.2, -0.15) is 4.98 Å². The van der Waals surface area contributed by atoms with Gasteiger partial charge in [0.05, 0.1) is 11.0 Å². The van der Waals surface area contributed by atoms with E-state index in [1.807, 2.05) is 72.8 Å². The summed E-state index contributed by atoms with van der Waals surface area (Å²) in [4.78, 5) is 12.2. The quantitative estimate of drug-likeness (QED) is 0.180. The summed E-state index contributed by atoms with van der Waals surface area (Å²) in [5.41, 5.74) is 11.3. The zero-order valence-electron chi connectivity index (χ0n) is 26.8. The molecule has 6 heteroatoms. The maximum atomic E-state index is 6.41. The van der Waals surface area contributed by atoms with Gasteiger partial charge in [0.25, 0.3) is 0 Å². The summed E-state index contributed by atoms with van der Waals surface area (Å²) in [5, 5.41) is 2.29. The molecule has 0 saturated carbocycles. The van der Waals surface area contributed by atoms with Crippen LogP contribution >= 0.6 is 0 Å². The number of oxazole rings is 2. The second-order valence-corrected chi connectivity index (χ2v) is 12.3. The molecule has 10 rings (SSSR count). The zero-order chi connectivity index (χ0) is 33.0. The van der Waals surface area contributed by atoms with E-state index in [0.717, 1.165) is 55.5 Å². The van der Waals surface area contributed by atoms with E-state index in [9.17, 15) is 0 Å². The van der Waals surface area contributed by atoms with E-state index in [1.165, 1.54) is 11.1 Å². The Labute approximate surface area is 287 Å². The Kier molecular flexibility index (Phi) is 6.39. The second kappa shape index (κ2) is 11.4. The highest BCUT2D eigenvalue weighted by Gasteiger charge is 2.19. The minimum atomic E-state index is 0.514. The van der Waals surface area contributed by atoms with Crippen molar-refractivity contribution in [1.29, 1.82) is 0 Å². The van der Waals surface area contributed by atoms with Crippen molar-refractivity contribution in [3.8, 4) is 28.6 Å². The fourth-order valence-corrected chi connectivity index (χ4v) is 6.91. The molecular formula is C44H28N4O2. The molecule has 0 amide bonds. The van der Waals surface area contributed by atoms with E-state index >= 15 is 0 Å². The van der Waals surface area contributed by atoms with Crippen LogP contribution in [0.25, 0.3) is 72.6 Å². The molecule has 0 radical (unpaired) electrons. The molecule has 6 nitrogen and oxygen atoms in total. The SMILES string of the molecule is c1ccc(-c2ccc3c(c2)c2ccccc2n3-c2nc3cc(-c4nc5cc(N(c6ccccc6)c6ccccc6)ccc5o4)ccc3o2)cc1. The van der Waals surface area contributed by atoms with Gasteiger partial charge in [-0.25, -0.2) is 4.98 Å². The van der Waals surface area contributed by atoms with E-state index in [2.05, 4.69) is 107 Å².